The molecule has 1 rings (SSSR count). The zero-order chi connectivity index (χ0) is 10.9. The van der Waals surface area contributed by atoms with E-state index in [2.05, 4.69) is 11.9 Å². The molecule has 0 saturated carbocycles. The molecule has 1 aliphatic rings. The molecular formula is C10H16N2O2. The number of imide groups is 1. The Hall–Kier alpha value is -1.32. The molecule has 78 valence electrons. The third kappa shape index (κ3) is 1.78. The number of hydrogen-bond acceptors (Lipinski definition) is 2. The van der Waals surface area contributed by atoms with E-state index < -0.39 is 11.6 Å². The Kier molecular flexibility index (Phi) is 2.64. The second kappa shape index (κ2) is 3.44. The second-order valence-corrected chi connectivity index (χ2v) is 4.37. The molecule has 0 aromatic rings. The van der Waals surface area contributed by atoms with Crippen LogP contribution in [0, 0.1) is 0 Å². The van der Waals surface area contributed by atoms with Gasteiger partial charge in [0, 0.05) is 5.54 Å². The van der Waals surface area contributed by atoms with Gasteiger partial charge in [0.1, 0.15) is 6.04 Å². The lowest BCUT2D eigenvalue weighted by Gasteiger charge is -2.28. The molecular weight excluding hydrogens is 180 g/mol. The summed E-state index contributed by atoms with van der Waals surface area (Å²) in [5.74, 6) is -0.164. The fourth-order valence-corrected chi connectivity index (χ4v) is 1.49. The van der Waals surface area contributed by atoms with Crippen molar-refractivity contribution in [2.24, 2.45) is 0 Å². The van der Waals surface area contributed by atoms with Crippen molar-refractivity contribution < 1.29 is 9.59 Å². The first-order chi connectivity index (χ1) is 6.38. The van der Waals surface area contributed by atoms with Gasteiger partial charge in [0.25, 0.3) is 5.91 Å². The molecule has 1 N–H and O–H groups in total. The van der Waals surface area contributed by atoms with Gasteiger partial charge in [0.05, 0.1) is 0 Å². The van der Waals surface area contributed by atoms with E-state index in [0.717, 1.165) is 0 Å². The molecule has 1 heterocycles. The molecule has 1 saturated heterocycles. The Morgan fingerprint density at radius 3 is 2.43 bits per heavy atom. The van der Waals surface area contributed by atoms with Gasteiger partial charge >= 0.3 is 6.03 Å². The SMILES string of the molecule is C=CCC1NC(=O)N(C(C)(C)C)C1=O. The molecule has 3 amide bonds. The Morgan fingerprint density at radius 2 is 2.07 bits per heavy atom. The summed E-state index contributed by atoms with van der Waals surface area (Å²) in [7, 11) is 0. The molecule has 0 radical (unpaired) electrons. The van der Waals surface area contributed by atoms with Gasteiger partial charge in [0.2, 0.25) is 0 Å². The predicted octanol–water partition coefficient (Wildman–Crippen LogP) is 1.28. The third-order valence-corrected chi connectivity index (χ3v) is 2.09. The lowest BCUT2D eigenvalue weighted by atomic mass is 10.1. The van der Waals surface area contributed by atoms with Crippen LogP contribution < -0.4 is 5.32 Å². The van der Waals surface area contributed by atoms with Crippen molar-refractivity contribution in [1.82, 2.24) is 10.2 Å². The Morgan fingerprint density at radius 1 is 1.50 bits per heavy atom. The lowest BCUT2D eigenvalue weighted by molar-refractivity contribution is -0.130. The van der Waals surface area contributed by atoms with Crippen LogP contribution in [0.4, 0.5) is 4.79 Å². The molecule has 0 aromatic heterocycles. The van der Waals surface area contributed by atoms with E-state index in [1.165, 1.54) is 4.90 Å². The van der Waals surface area contributed by atoms with E-state index >= 15 is 0 Å². The van der Waals surface area contributed by atoms with E-state index in [-0.39, 0.29) is 11.9 Å². The Bertz CT molecular complexity index is 278. The van der Waals surface area contributed by atoms with Gasteiger partial charge in [-0.15, -0.1) is 6.58 Å². The summed E-state index contributed by atoms with van der Waals surface area (Å²) in [5, 5.41) is 2.63. The number of hydrogen-bond donors (Lipinski definition) is 1. The summed E-state index contributed by atoms with van der Waals surface area (Å²) < 4.78 is 0. The van der Waals surface area contributed by atoms with Gasteiger partial charge in [-0.3, -0.25) is 9.69 Å². The highest BCUT2D eigenvalue weighted by atomic mass is 16.2. The smallest absolute Gasteiger partial charge is 0.325 e. The summed E-state index contributed by atoms with van der Waals surface area (Å²) >= 11 is 0. The molecule has 1 aliphatic heterocycles. The predicted molar refractivity (Wildman–Crippen MR) is 53.7 cm³/mol. The van der Waals surface area contributed by atoms with Crippen LogP contribution in [-0.2, 0) is 4.79 Å². The minimum atomic E-state index is -0.461. The van der Waals surface area contributed by atoms with Gasteiger partial charge in [-0.05, 0) is 27.2 Å². The fourth-order valence-electron chi connectivity index (χ4n) is 1.49. The summed E-state index contributed by atoms with van der Waals surface area (Å²) in [6.07, 6.45) is 2.12. The van der Waals surface area contributed by atoms with Gasteiger partial charge in [-0.2, -0.15) is 0 Å². The van der Waals surface area contributed by atoms with Crippen LogP contribution in [0.25, 0.3) is 0 Å². The average molecular weight is 196 g/mol. The maximum absolute atomic E-state index is 11.7. The molecule has 4 heteroatoms. The Balaban J connectivity index is 2.86. The number of rotatable bonds is 2. The van der Waals surface area contributed by atoms with E-state index in [1.807, 2.05) is 20.8 Å². The van der Waals surface area contributed by atoms with Crippen LogP contribution in [-0.4, -0.2) is 28.4 Å². The maximum atomic E-state index is 11.7. The molecule has 1 atom stereocenters. The van der Waals surface area contributed by atoms with Crippen LogP contribution >= 0.6 is 0 Å². The normalized spacial score (nSPS) is 22.5. The molecule has 0 spiro atoms. The summed E-state index contributed by atoms with van der Waals surface area (Å²) in [6.45, 7) is 9.05. The molecule has 0 aliphatic carbocycles. The molecule has 1 unspecified atom stereocenters. The first kappa shape index (κ1) is 10.8. The summed E-state index contributed by atoms with van der Waals surface area (Å²) in [5.41, 5.74) is -0.461. The zero-order valence-electron chi connectivity index (χ0n) is 8.83. The molecule has 0 bridgehead atoms. The van der Waals surface area contributed by atoms with Gasteiger partial charge < -0.3 is 5.32 Å². The lowest BCUT2D eigenvalue weighted by Crippen LogP contribution is -2.46. The van der Waals surface area contributed by atoms with Crippen molar-refractivity contribution in [3.05, 3.63) is 12.7 Å². The zero-order valence-corrected chi connectivity index (χ0v) is 8.83. The van der Waals surface area contributed by atoms with E-state index in [1.54, 1.807) is 6.08 Å². The largest absolute Gasteiger partial charge is 0.325 e. The van der Waals surface area contributed by atoms with Crippen LogP contribution in [0.2, 0.25) is 0 Å². The van der Waals surface area contributed by atoms with E-state index in [4.69, 9.17) is 0 Å². The molecule has 14 heavy (non-hydrogen) atoms. The van der Waals surface area contributed by atoms with Crippen molar-refractivity contribution in [2.75, 3.05) is 0 Å². The van der Waals surface area contributed by atoms with E-state index in [0.29, 0.717) is 6.42 Å². The fraction of sp³-hybridized carbons (Fsp3) is 0.600. The topological polar surface area (TPSA) is 49.4 Å². The highest BCUT2D eigenvalue weighted by Crippen LogP contribution is 2.20. The number of carbonyl (C=O) groups is 2. The highest BCUT2D eigenvalue weighted by Gasteiger charge is 2.42. The van der Waals surface area contributed by atoms with Crippen molar-refractivity contribution >= 4 is 11.9 Å². The minimum Gasteiger partial charge on any atom is -0.325 e. The standard InChI is InChI=1S/C10H16N2O2/c1-5-6-7-8(13)12(9(14)11-7)10(2,3)4/h5,7H,1,6H2,2-4H3,(H,11,14). The monoisotopic (exact) mass is 196 g/mol. The second-order valence-electron chi connectivity index (χ2n) is 4.37. The minimum absolute atomic E-state index is 0.164. The van der Waals surface area contributed by atoms with Crippen molar-refractivity contribution in [3.8, 4) is 0 Å². The average Bonchev–Trinajstić information content (AvgIpc) is 2.26. The quantitative estimate of drug-likeness (QED) is 0.534. The van der Waals surface area contributed by atoms with Crippen LogP contribution in [0.1, 0.15) is 27.2 Å². The Labute approximate surface area is 84.0 Å². The van der Waals surface area contributed by atoms with E-state index in [9.17, 15) is 9.59 Å². The molecule has 4 nitrogen and oxygen atoms in total. The van der Waals surface area contributed by atoms with Crippen LogP contribution in [0.5, 0.6) is 0 Å². The first-order valence-electron chi connectivity index (χ1n) is 4.63. The van der Waals surface area contributed by atoms with Gasteiger partial charge in [-0.1, -0.05) is 6.08 Å². The summed E-state index contributed by atoms with van der Waals surface area (Å²) in [4.78, 5) is 24.5. The van der Waals surface area contributed by atoms with Crippen molar-refractivity contribution in [1.29, 1.82) is 0 Å². The number of nitrogens with one attached hydrogen (secondary N) is 1. The number of amides is 3. The molecule has 0 aromatic carbocycles. The number of urea groups is 1. The van der Waals surface area contributed by atoms with Crippen molar-refractivity contribution in [3.63, 3.8) is 0 Å². The van der Waals surface area contributed by atoms with Gasteiger partial charge in [-0.25, -0.2) is 4.79 Å². The highest BCUT2D eigenvalue weighted by molar-refractivity contribution is 6.04. The molecule has 1 fully saturated rings. The number of nitrogens with zero attached hydrogens (tertiary/aromatic N) is 1. The van der Waals surface area contributed by atoms with Gasteiger partial charge in [0.15, 0.2) is 0 Å². The maximum Gasteiger partial charge on any atom is 0.325 e. The first-order valence-corrected chi connectivity index (χ1v) is 4.63. The van der Waals surface area contributed by atoms with Crippen LogP contribution in [0.3, 0.4) is 0 Å². The third-order valence-electron chi connectivity index (χ3n) is 2.09. The summed E-state index contributed by atoms with van der Waals surface area (Å²) in [6, 6.07) is -0.742. The van der Waals surface area contributed by atoms with Crippen LogP contribution in [0.15, 0.2) is 12.7 Å². The number of carbonyl (C=O) groups excluding carboxylic acids is 2. The van der Waals surface area contributed by atoms with Crippen molar-refractivity contribution in [2.45, 2.75) is 38.8 Å².